The van der Waals surface area contributed by atoms with Crippen LogP contribution in [0.15, 0.2) is 22.7 Å². The zero-order valence-corrected chi connectivity index (χ0v) is 14.3. The van der Waals surface area contributed by atoms with Crippen molar-refractivity contribution in [3.05, 3.63) is 33.3 Å². The third-order valence-electron chi connectivity index (χ3n) is 3.09. The molecule has 1 fully saturated rings. The molecular weight excluding hydrogens is 389 g/mol. The largest absolute Gasteiger partial charge is 0.338 e. The lowest BCUT2D eigenvalue weighted by atomic mass is 10.1. The Morgan fingerprint density at radius 1 is 1.40 bits per heavy atom. The van der Waals surface area contributed by atoms with E-state index in [-0.39, 0.29) is 24.0 Å². The molecule has 1 heterocycles. The third-order valence-corrected chi connectivity index (χ3v) is 5.55. The molecule has 0 aromatic heterocycles. The molecule has 1 atom stereocenters. The van der Waals surface area contributed by atoms with Gasteiger partial charge >= 0.3 is 0 Å². The molecule has 0 bridgehead atoms. The smallest absolute Gasteiger partial charge is 0.232 e. The molecule has 1 aliphatic rings. The van der Waals surface area contributed by atoms with Crippen LogP contribution in [0.3, 0.4) is 0 Å². The summed E-state index contributed by atoms with van der Waals surface area (Å²) in [4.78, 5) is 13.5. The maximum absolute atomic E-state index is 11.9. The van der Waals surface area contributed by atoms with Gasteiger partial charge in [0.25, 0.3) is 0 Å². The molecule has 110 valence electrons. The first-order valence-electron chi connectivity index (χ1n) is 5.88. The molecule has 20 heavy (non-hydrogen) atoms. The van der Waals surface area contributed by atoms with Crippen LogP contribution in [-0.2, 0) is 20.4 Å². The minimum atomic E-state index is -3.57. The number of rotatable bonds is 4. The highest BCUT2D eigenvalue weighted by Crippen LogP contribution is 2.26. The Balaban J connectivity index is 2.03. The van der Waals surface area contributed by atoms with Crippen LogP contribution in [0.4, 0.5) is 0 Å². The van der Waals surface area contributed by atoms with Crippen molar-refractivity contribution in [2.45, 2.75) is 13.0 Å². The number of amides is 1. The number of benzene rings is 1. The Morgan fingerprint density at radius 2 is 2.10 bits per heavy atom. The van der Waals surface area contributed by atoms with Crippen LogP contribution < -0.4 is 0 Å². The van der Waals surface area contributed by atoms with Crippen molar-refractivity contribution < 1.29 is 13.2 Å². The quantitative estimate of drug-likeness (QED) is 0.730. The monoisotopic (exact) mass is 399 g/mol. The van der Waals surface area contributed by atoms with Gasteiger partial charge in [0.15, 0.2) is 0 Å². The third kappa shape index (κ3) is 4.35. The summed E-state index contributed by atoms with van der Waals surface area (Å²) in [5.74, 6) is -0.455. The predicted molar refractivity (Wildman–Crippen MR) is 82.3 cm³/mol. The zero-order valence-electron chi connectivity index (χ0n) is 10.4. The molecule has 1 aromatic carbocycles. The first-order chi connectivity index (χ1) is 9.24. The average Bonchev–Trinajstić information content (AvgIpc) is 2.62. The highest BCUT2D eigenvalue weighted by molar-refractivity contribution is 9.10. The molecule has 0 saturated carbocycles. The van der Waals surface area contributed by atoms with E-state index in [0.29, 0.717) is 18.1 Å². The van der Waals surface area contributed by atoms with E-state index in [1.807, 2.05) is 12.1 Å². The Morgan fingerprint density at radius 3 is 2.70 bits per heavy atom. The zero-order chi connectivity index (χ0) is 14.9. The van der Waals surface area contributed by atoms with Crippen LogP contribution >= 0.6 is 38.2 Å². The molecule has 2 rings (SSSR count). The van der Waals surface area contributed by atoms with E-state index in [9.17, 15) is 13.2 Å². The summed E-state index contributed by atoms with van der Waals surface area (Å²) in [5, 5.41) is 0.604. The van der Waals surface area contributed by atoms with Gasteiger partial charge in [0.1, 0.15) is 0 Å². The van der Waals surface area contributed by atoms with E-state index in [4.69, 9.17) is 22.3 Å². The van der Waals surface area contributed by atoms with Gasteiger partial charge in [-0.25, -0.2) is 8.42 Å². The topological polar surface area (TPSA) is 54.5 Å². The van der Waals surface area contributed by atoms with Crippen LogP contribution in [0.5, 0.6) is 0 Å². The summed E-state index contributed by atoms with van der Waals surface area (Å²) >= 11 is 9.24. The maximum Gasteiger partial charge on any atom is 0.232 e. The lowest BCUT2D eigenvalue weighted by molar-refractivity contribution is -0.128. The van der Waals surface area contributed by atoms with Crippen molar-refractivity contribution >= 4 is 53.2 Å². The van der Waals surface area contributed by atoms with Crippen molar-refractivity contribution in [2.24, 2.45) is 5.92 Å². The molecule has 0 radical (unpaired) electrons. The second-order valence-corrected chi connectivity index (χ2v) is 8.88. The first-order valence-corrected chi connectivity index (χ1v) is 9.53. The fraction of sp³-hybridized carbons (Fsp3) is 0.417. The standard InChI is InChI=1S/C12H12BrCl2NO3S/c13-10-3-8(1-2-11(10)14)5-16-6-9(4-12(16)17)7-20(15,18)19/h1-3,9H,4-7H2. The summed E-state index contributed by atoms with van der Waals surface area (Å²) in [7, 11) is 1.66. The maximum atomic E-state index is 11.9. The van der Waals surface area contributed by atoms with Crippen molar-refractivity contribution in [2.75, 3.05) is 12.3 Å². The summed E-state index contributed by atoms with van der Waals surface area (Å²) in [6.45, 7) is 0.846. The van der Waals surface area contributed by atoms with Crippen LogP contribution in [0.1, 0.15) is 12.0 Å². The molecule has 1 amide bonds. The van der Waals surface area contributed by atoms with Crippen molar-refractivity contribution in [3.8, 4) is 0 Å². The van der Waals surface area contributed by atoms with Gasteiger partial charge in [-0.3, -0.25) is 4.79 Å². The number of halogens is 3. The van der Waals surface area contributed by atoms with E-state index >= 15 is 0 Å². The van der Waals surface area contributed by atoms with Crippen molar-refractivity contribution in [1.82, 2.24) is 4.90 Å². The number of hydrogen-bond acceptors (Lipinski definition) is 3. The Hall–Kier alpha value is -0.300. The number of hydrogen-bond donors (Lipinski definition) is 0. The first kappa shape index (κ1) is 16.1. The Labute approximate surface area is 135 Å². The fourth-order valence-corrected chi connectivity index (χ4v) is 4.12. The minimum absolute atomic E-state index is 0.0543. The number of likely N-dealkylation sites (tertiary alicyclic amines) is 1. The van der Waals surface area contributed by atoms with Crippen molar-refractivity contribution in [3.63, 3.8) is 0 Å². The molecule has 1 unspecified atom stereocenters. The van der Waals surface area contributed by atoms with Gasteiger partial charge in [-0.05, 0) is 33.6 Å². The van der Waals surface area contributed by atoms with Crippen LogP contribution in [0, 0.1) is 5.92 Å². The molecule has 0 aliphatic carbocycles. The molecule has 1 aromatic rings. The average molecular weight is 401 g/mol. The van der Waals surface area contributed by atoms with Crippen LogP contribution in [0.25, 0.3) is 0 Å². The van der Waals surface area contributed by atoms with Crippen LogP contribution in [0.2, 0.25) is 5.02 Å². The second-order valence-electron chi connectivity index (χ2n) is 4.80. The summed E-state index contributed by atoms with van der Waals surface area (Å²) in [6, 6.07) is 5.44. The van der Waals surface area contributed by atoms with E-state index in [1.165, 1.54) is 0 Å². The van der Waals surface area contributed by atoms with Gasteiger partial charge in [-0.1, -0.05) is 17.7 Å². The van der Waals surface area contributed by atoms with Gasteiger partial charge in [-0.2, -0.15) is 0 Å². The lowest BCUT2D eigenvalue weighted by Gasteiger charge is -2.16. The fourth-order valence-electron chi connectivity index (χ4n) is 2.26. The van der Waals surface area contributed by atoms with Crippen LogP contribution in [-0.4, -0.2) is 31.5 Å². The van der Waals surface area contributed by atoms with Gasteiger partial charge in [0, 0.05) is 40.6 Å². The summed E-state index contributed by atoms with van der Waals surface area (Å²) in [5.41, 5.74) is 0.934. The van der Waals surface area contributed by atoms with Gasteiger partial charge in [0.05, 0.1) is 10.8 Å². The van der Waals surface area contributed by atoms with Gasteiger partial charge < -0.3 is 4.90 Å². The molecular formula is C12H12BrCl2NO3S. The molecule has 4 nitrogen and oxygen atoms in total. The van der Waals surface area contributed by atoms with E-state index in [1.54, 1.807) is 11.0 Å². The lowest BCUT2D eigenvalue weighted by Crippen LogP contribution is -2.25. The molecule has 0 spiro atoms. The number of carbonyl (C=O) groups is 1. The van der Waals surface area contributed by atoms with Crippen molar-refractivity contribution in [1.29, 1.82) is 0 Å². The highest BCUT2D eigenvalue weighted by atomic mass is 79.9. The predicted octanol–water partition coefficient (Wildman–Crippen LogP) is 3.02. The summed E-state index contributed by atoms with van der Waals surface area (Å²) < 4.78 is 22.9. The molecule has 1 saturated heterocycles. The summed E-state index contributed by atoms with van der Waals surface area (Å²) in [6.07, 6.45) is 0.223. The molecule has 0 N–H and O–H groups in total. The second kappa shape index (κ2) is 6.22. The minimum Gasteiger partial charge on any atom is -0.338 e. The normalized spacial score (nSPS) is 19.6. The van der Waals surface area contributed by atoms with Gasteiger partial charge in [-0.15, -0.1) is 0 Å². The van der Waals surface area contributed by atoms with E-state index in [0.717, 1.165) is 10.0 Å². The number of carbonyl (C=O) groups excluding carboxylic acids is 1. The highest BCUT2D eigenvalue weighted by Gasteiger charge is 2.32. The molecule has 1 aliphatic heterocycles. The van der Waals surface area contributed by atoms with Gasteiger partial charge in [0.2, 0.25) is 15.0 Å². The SMILES string of the molecule is O=C1CC(CS(=O)(=O)Cl)CN1Cc1ccc(Cl)c(Br)c1. The Bertz CT molecular complexity index is 636. The Kier molecular flexibility index (Phi) is 5.00. The molecule has 8 heteroatoms. The van der Waals surface area contributed by atoms with E-state index < -0.39 is 9.05 Å². The van der Waals surface area contributed by atoms with E-state index in [2.05, 4.69) is 15.9 Å². The number of nitrogens with zero attached hydrogens (tertiary/aromatic N) is 1.